The molecule has 2 aromatic rings. The predicted octanol–water partition coefficient (Wildman–Crippen LogP) is 8.86. The van der Waals surface area contributed by atoms with Crippen molar-refractivity contribution in [3.63, 3.8) is 0 Å². The van der Waals surface area contributed by atoms with Crippen LogP contribution in [0.5, 0.6) is 0 Å². The summed E-state index contributed by atoms with van der Waals surface area (Å²) in [6.07, 6.45) is -0.568. The standard InChI is InChI=1S/C20H8Cl8O2/c21-9-3-1-7(5-11(9)23)13-17(8-2-4-10(22)12(24)6-8)30-20(13)18(27)14(25)16(29)15(26)19(20)28/h1-6,13,17H/t13-,17-/m0/s1. The van der Waals surface area contributed by atoms with Crippen LogP contribution in [0.4, 0.5) is 0 Å². The minimum atomic E-state index is -1.46. The smallest absolute Gasteiger partial charge is 0.218 e. The molecule has 1 heterocycles. The van der Waals surface area contributed by atoms with Gasteiger partial charge >= 0.3 is 0 Å². The van der Waals surface area contributed by atoms with Gasteiger partial charge in [-0.1, -0.05) is 105 Å². The monoisotopic (exact) mass is 560 g/mol. The molecule has 4 rings (SSSR count). The first-order valence-electron chi connectivity index (χ1n) is 8.33. The third kappa shape index (κ3) is 3.41. The zero-order valence-corrected chi connectivity index (χ0v) is 20.5. The Bertz CT molecular complexity index is 1130. The van der Waals surface area contributed by atoms with Crippen LogP contribution in [-0.2, 0) is 9.53 Å². The molecule has 1 aliphatic heterocycles. The second kappa shape index (κ2) is 8.33. The van der Waals surface area contributed by atoms with Gasteiger partial charge in [-0.2, -0.15) is 0 Å². The number of ether oxygens (including phenoxy) is 1. The van der Waals surface area contributed by atoms with Gasteiger partial charge in [-0.3, -0.25) is 4.79 Å². The minimum absolute atomic E-state index is 0.0593. The Morgan fingerprint density at radius 2 is 1.13 bits per heavy atom. The van der Waals surface area contributed by atoms with Crippen LogP contribution in [0.1, 0.15) is 23.1 Å². The summed E-state index contributed by atoms with van der Waals surface area (Å²) in [4.78, 5) is 12.3. The van der Waals surface area contributed by atoms with Crippen molar-refractivity contribution in [2.75, 3.05) is 0 Å². The van der Waals surface area contributed by atoms with Crippen molar-refractivity contribution in [3.8, 4) is 0 Å². The molecule has 1 saturated heterocycles. The fourth-order valence-electron chi connectivity index (χ4n) is 3.64. The van der Waals surface area contributed by atoms with Gasteiger partial charge in [0.05, 0.1) is 42.2 Å². The van der Waals surface area contributed by atoms with E-state index in [-0.39, 0.29) is 20.1 Å². The van der Waals surface area contributed by atoms with E-state index in [0.717, 1.165) is 0 Å². The Hall–Kier alpha value is -0.130. The molecular weight excluding hydrogens is 556 g/mol. The Balaban J connectivity index is 1.93. The predicted molar refractivity (Wildman–Crippen MR) is 125 cm³/mol. The summed E-state index contributed by atoms with van der Waals surface area (Å²) in [5.41, 5.74) is -0.0467. The van der Waals surface area contributed by atoms with E-state index in [2.05, 4.69) is 0 Å². The van der Waals surface area contributed by atoms with Crippen LogP contribution in [0.15, 0.2) is 56.5 Å². The van der Waals surface area contributed by atoms with Crippen molar-refractivity contribution in [1.29, 1.82) is 0 Å². The van der Waals surface area contributed by atoms with E-state index in [9.17, 15) is 4.79 Å². The summed E-state index contributed by atoms with van der Waals surface area (Å²) in [6, 6.07) is 10.2. The number of benzene rings is 2. The van der Waals surface area contributed by atoms with Crippen molar-refractivity contribution < 1.29 is 9.53 Å². The number of hydrogen-bond donors (Lipinski definition) is 0. The molecule has 2 aromatic carbocycles. The number of Topliss-reactive ketones (excluding diaryl/α,β-unsaturated/α-hetero) is 1. The van der Waals surface area contributed by atoms with Gasteiger partial charge in [-0.15, -0.1) is 0 Å². The van der Waals surface area contributed by atoms with E-state index in [0.29, 0.717) is 31.2 Å². The van der Waals surface area contributed by atoms with Crippen molar-refractivity contribution in [3.05, 3.63) is 87.7 Å². The van der Waals surface area contributed by atoms with Gasteiger partial charge in [-0.05, 0) is 35.4 Å². The SMILES string of the molecule is O=C1C(Cl)=C(Cl)C2(O[C@@H](c3ccc(Cl)c(Cl)c3)[C@@H]2c2ccc(Cl)c(Cl)c2)C(Cl)=C1Cl. The van der Waals surface area contributed by atoms with E-state index in [1.807, 2.05) is 0 Å². The van der Waals surface area contributed by atoms with Gasteiger partial charge in [0.1, 0.15) is 10.1 Å². The van der Waals surface area contributed by atoms with Gasteiger partial charge < -0.3 is 4.74 Å². The molecule has 1 fully saturated rings. The molecule has 0 amide bonds. The van der Waals surface area contributed by atoms with Crippen molar-refractivity contribution in [2.45, 2.75) is 17.6 Å². The summed E-state index contributed by atoms with van der Waals surface area (Å²) in [6.45, 7) is 0. The maximum Gasteiger partial charge on any atom is 0.218 e. The fraction of sp³-hybridized carbons (Fsp3) is 0.150. The molecule has 1 spiro atoms. The van der Waals surface area contributed by atoms with Crippen LogP contribution >= 0.6 is 92.8 Å². The molecule has 156 valence electrons. The maximum atomic E-state index is 12.3. The van der Waals surface area contributed by atoms with Gasteiger partial charge in [-0.25, -0.2) is 0 Å². The molecule has 10 heteroatoms. The highest BCUT2D eigenvalue weighted by atomic mass is 35.5. The number of carbonyl (C=O) groups excluding carboxylic acids is 1. The summed E-state index contributed by atoms with van der Waals surface area (Å²) >= 11 is 50.0. The lowest BCUT2D eigenvalue weighted by atomic mass is 9.68. The number of allylic oxidation sites excluding steroid dienone is 2. The summed E-state index contributed by atoms with van der Waals surface area (Å²) < 4.78 is 6.22. The second-order valence-electron chi connectivity index (χ2n) is 6.68. The number of ketones is 1. The molecule has 0 N–H and O–H groups in total. The van der Waals surface area contributed by atoms with E-state index < -0.39 is 23.4 Å². The number of rotatable bonds is 2. The quantitative estimate of drug-likeness (QED) is 0.365. The average Bonchev–Trinajstić information content (AvgIpc) is 2.69. The van der Waals surface area contributed by atoms with Crippen LogP contribution in [0, 0.1) is 0 Å². The first-order valence-corrected chi connectivity index (χ1v) is 11.4. The van der Waals surface area contributed by atoms with Crippen molar-refractivity contribution >= 4 is 98.6 Å². The molecule has 2 aliphatic rings. The molecule has 2 nitrogen and oxygen atoms in total. The largest absolute Gasteiger partial charge is 0.354 e. The molecule has 0 saturated carbocycles. The molecule has 0 radical (unpaired) electrons. The van der Waals surface area contributed by atoms with Crippen LogP contribution in [-0.4, -0.2) is 11.4 Å². The molecule has 0 unspecified atom stereocenters. The zero-order valence-electron chi connectivity index (χ0n) is 14.5. The summed E-state index contributed by atoms with van der Waals surface area (Å²) in [7, 11) is 0. The fourth-order valence-corrected chi connectivity index (χ4v) is 5.51. The van der Waals surface area contributed by atoms with E-state index in [4.69, 9.17) is 97.5 Å². The molecule has 0 bridgehead atoms. The lowest BCUT2D eigenvalue weighted by molar-refractivity contribution is -0.183. The zero-order chi connectivity index (χ0) is 22.0. The lowest BCUT2D eigenvalue weighted by Crippen LogP contribution is -2.56. The topological polar surface area (TPSA) is 26.3 Å². The van der Waals surface area contributed by atoms with Gasteiger partial charge in [0.25, 0.3) is 0 Å². The van der Waals surface area contributed by atoms with E-state index >= 15 is 0 Å². The Morgan fingerprint density at radius 1 is 0.667 bits per heavy atom. The molecule has 1 aliphatic carbocycles. The molecule has 30 heavy (non-hydrogen) atoms. The lowest BCUT2D eigenvalue weighted by Gasteiger charge is -2.56. The Morgan fingerprint density at radius 3 is 1.63 bits per heavy atom. The highest BCUT2D eigenvalue weighted by molar-refractivity contribution is 6.61. The second-order valence-corrected chi connectivity index (χ2v) is 9.82. The van der Waals surface area contributed by atoms with Gasteiger partial charge in [0.2, 0.25) is 5.78 Å². The van der Waals surface area contributed by atoms with Crippen LogP contribution in [0.3, 0.4) is 0 Å². The van der Waals surface area contributed by atoms with Crippen LogP contribution in [0.25, 0.3) is 0 Å². The van der Waals surface area contributed by atoms with E-state index in [1.54, 1.807) is 36.4 Å². The normalized spacial score (nSPS) is 23.3. The van der Waals surface area contributed by atoms with Crippen LogP contribution in [0.2, 0.25) is 20.1 Å². The average molecular weight is 564 g/mol. The van der Waals surface area contributed by atoms with Gasteiger partial charge in [0.15, 0.2) is 5.60 Å². The first kappa shape index (κ1) is 23.0. The molecular formula is C20H8Cl8O2. The van der Waals surface area contributed by atoms with Crippen molar-refractivity contribution in [1.82, 2.24) is 0 Å². The molecule has 2 atom stereocenters. The van der Waals surface area contributed by atoms with Crippen LogP contribution < -0.4 is 0 Å². The summed E-state index contributed by atoms with van der Waals surface area (Å²) in [5.74, 6) is -1.21. The van der Waals surface area contributed by atoms with Gasteiger partial charge in [0, 0.05) is 0 Å². The molecule has 0 aromatic heterocycles. The Labute approximate surface area is 212 Å². The third-order valence-corrected chi connectivity index (χ3v) is 8.40. The van der Waals surface area contributed by atoms with E-state index in [1.165, 1.54) is 0 Å². The number of hydrogen-bond acceptors (Lipinski definition) is 2. The number of halogens is 8. The number of carbonyl (C=O) groups is 1. The Kier molecular flexibility index (Phi) is 6.40. The highest BCUT2D eigenvalue weighted by Gasteiger charge is 2.64. The maximum absolute atomic E-state index is 12.3. The minimum Gasteiger partial charge on any atom is -0.354 e. The first-order chi connectivity index (χ1) is 14.1. The van der Waals surface area contributed by atoms with Crippen molar-refractivity contribution in [2.24, 2.45) is 0 Å². The summed E-state index contributed by atoms with van der Waals surface area (Å²) in [5, 5.41) is 0.808. The third-order valence-electron chi connectivity index (χ3n) is 5.06. The highest BCUT2D eigenvalue weighted by Crippen LogP contribution is 2.65.